The van der Waals surface area contributed by atoms with Gasteiger partial charge in [-0.1, -0.05) is 43.6 Å². The number of para-hydroxylation sites is 1. The molecular formula is C18H23ClN2. The molecule has 0 N–H and O–H groups in total. The molecule has 0 spiro atoms. The first-order valence-corrected chi connectivity index (χ1v) is 8.30. The molecule has 2 heterocycles. The summed E-state index contributed by atoms with van der Waals surface area (Å²) < 4.78 is 0. The second-order valence-corrected chi connectivity index (χ2v) is 6.66. The number of nitrogens with zero attached hydrogens (tertiary/aromatic N) is 2. The van der Waals surface area contributed by atoms with Gasteiger partial charge in [0.15, 0.2) is 0 Å². The number of hydrogen-bond acceptors (Lipinski definition) is 2. The van der Waals surface area contributed by atoms with E-state index in [-0.39, 0.29) is 0 Å². The lowest BCUT2D eigenvalue weighted by Gasteiger charge is -2.26. The third-order valence-corrected chi connectivity index (χ3v) is 5.49. The summed E-state index contributed by atoms with van der Waals surface area (Å²) >= 11 is 6.38. The quantitative estimate of drug-likeness (QED) is 0.747. The van der Waals surface area contributed by atoms with Crippen molar-refractivity contribution in [2.75, 3.05) is 13.1 Å². The highest BCUT2D eigenvalue weighted by atomic mass is 35.5. The maximum absolute atomic E-state index is 6.38. The Morgan fingerprint density at radius 3 is 2.71 bits per heavy atom. The van der Waals surface area contributed by atoms with Gasteiger partial charge in [-0.05, 0) is 43.4 Å². The van der Waals surface area contributed by atoms with Crippen LogP contribution in [0.3, 0.4) is 0 Å². The SMILES string of the molecule is CCC1(CC)CCN(Cc2cc3ccccc3nc2Cl)C1. The zero-order valence-electron chi connectivity index (χ0n) is 12.9. The Labute approximate surface area is 132 Å². The summed E-state index contributed by atoms with van der Waals surface area (Å²) in [7, 11) is 0. The van der Waals surface area contributed by atoms with Gasteiger partial charge in [-0.3, -0.25) is 4.90 Å². The predicted molar refractivity (Wildman–Crippen MR) is 89.7 cm³/mol. The van der Waals surface area contributed by atoms with Crippen molar-refractivity contribution in [2.24, 2.45) is 5.41 Å². The van der Waals surface area contributed by atoms with Gasteiger partial charge in [-0.2, -0.15) is 0 Å². The van der Waals surface area contributed by atoms with Crippen LogP contribution in [0.2, 0.25) is 5.15 Å². The fourth-order valence-corrected chi connectivity index (χ4v) is 3.68. The van der Waals surface area contributed by atoms with E-state index < -0.39 is 0 Å². The van der Waals surface area contributed by atoms with E-state index in [0.29, 0.717) is 10.6 Å². The highest BCUT2D eigenvalue weighted by Gasteiger charge is 2.34. The Bertz CT molecular complexity index is 634. The fourth-order valence-electron chi connectivity index (χ4n) is 3.48. The number of rotatable bonds is 4. The molecule has 0 amide bonds. The third-order valence-electron chi connectivity index (χ3n) is 5.16. The van der Waals surface area contributed by atoms with E-state index >= 15 is 0 Å². The zero-order valence-corrected chi connectivity index (χ0v) is 13.7. The van der Waals surface area contributed by atoms with Gasteiger partial charge in [0.05, 0.1) is 5.52 Å². The van der Waals surface area contributed by atoms with E-state index in [4.69, 9.17) is 11.6 Å². The molecule has 1 aliphatic heterocycles. The summed E-state index contributed by atoms with van der Waals surface area (Å²) in [5, 5.41) is 1.83. The van der Waals surface area contributed by atoms with Gasteiger partial charge in [0, 0.05) is 24.0 Å². The largest absolute Gasteiger partial charge is 0.298 e. The Hall–Kier alpha value is -1.12. The first kappa shape index (κ1) is 14.8. The lowest BCUT2D eigenvalue weighted by atomic mass is 9.82. The Kier molecular flexibility index (Phi) is 4.19. The summed E-state index contributed by atoms with van der Waals surface area (Å²) in [6.07, 6.45) is 3.84. The molecule has 0 aliphatic carbocycles. The minimum atomic E-state index is 0.511. The number of benzene rings is 1. The maximum atomic E-state index is 6.38. The summed E-state index contributed by atoms with van der Waals surface area (Å²) in [6, 6.07) is 10.4. The molecule has 1 aliphatic rings. The molecule has 1 aromatic heterocycles. The second-order valence-electron chi connectivity index (χ2n) is 6.30. The molecule has 2 aromatic rings. The molecule has 3 heteroatoms. The van der Waals surface area contributed by atoms with E-state index in [2.05, 4.69) is 41.9 Å². The first-order chi connectivity index (χ1) is 10.2. The van der Waals surface area contributed by atoms with E-state index in [1.54, 1.807) is 0 Å². The molecule has 3 rings (SSSR count). The van der Waals surface area contributed by atoms with E-state index in [9.17, 15) is 0 Å². The topological polar surface area (TPSA) is 16.1 Å². The average Bonchev–Trinajstić information content (AvgIpc) is 2.92. The molecule has 0 bridgehead atoms. The summed E-state index contributed by atoms with van der Waals surface area (Å²) in [5.41, 5.74) is 2.64. The smallest absolute Gasteiger partial charge is 0.134 e. The van der Waals surface area contributed by atoms with Crippen LogP contribution in [0.25, 0.3) is 10.9 Å². The Balaban J connectivity index is 1.81. The van der Waals surface area contributed by atoms with Crippen molar-refractivity contribution in [3.05, 3.63) is 41.0 Å². The van der Waals surface area contributed by atoms with Gasteiger partial charge in [0.2, 0.25) is 0 Å². The molecule has 2 nitrogen and oxygen atoms in total. The van der Waals surface area contributed by atoms with Gasteiger partial charge >= 0.3 is 0 Å². The normalized spacial score (nSPS) is 18.4. The summed E-state index contributed by atoms with van der Waals surface area (Å²) in [5.74, 6) is 0. The minimum Gasteiger partial charge on any atom is -0.298 e. The molecule has 1 aromatic carbocycles. The minimum absolute atomic E-state index is 0.511. The van der Waals surface area contributed by atoms with Crippen LogP contribution in [0.15, 0.2) is 30.3 Å². The van der Waals surface area contributed by atoms with E-state index in [0.717, 1.165) is 17.6 Å². The maximum Gasteiger partial charge on any atom is 0.134 e. The van der Waals surface area contributed by atoms with E-state index in [1.165, 1.54) is 37.7 Å². The lowest BCUT2D eigenvalue weighted by molar-refractivity contribution is 0.236. The van der Waals surface area contributed by atoms with Crippen LogP contribution in [0.5, 0.6) is 0 Å². The number of hydrogen-bond donors (Lipinski definition) is 0. The van der Waals surface area contributed by atoms with Crippen molar-refractivity contribution in [1.29, 1.82) is 0 Å². The third kappa shape index (κ3) is 2.93. The molecule has 1 fully saturated rings. The number of halogens is 1. The lowest BCUT2D eigenvalue weighted by Crippen LogP contribution is -2.26. The fraction of sp³-hybridized carbons (Fsp3) is 0.500. The molecular weight excluding hydrogens is 280 g/mol. The molecule has 1 saturated heterocycles. The first-order valence-electron chi connectivity index (χ1n) is 7.92. The van der Waals surface area contributed by atoms with Crippen molar-refractivity contribution < 1.29 is 0 Å². The van der Waals surface area contributed by atoms with Gasteiger partial charge in [-0.25, -0.2) is 4.98 Å². The average molecular weight is 303 g/mol. The number of likely N-dealkylation sites (tertiary alicyclic amines) is 1. The van der Waals surface area contributed by atoms with Crippen molar-refractivity contribution in [3.8, 4) is 0 Å². The van der Waals surface area contributed by atoms with Crippen LogP contribution in [0.1, 0.15) is 38.7 Å². The summed E-state index contributed by atoms with van der Waals surface area (Å²) in [4.78, 5) is 7.07. The van der Waals surface area contributed by atoms with Crippen LogP contribution in [0, 0.1) is 5.41 Å². The van der Waals surface area contributed by atoms with Gasteiger partial charge < -0.3 is 0 Å². The molecule has 112 valence electrons. The van der Waals surface area contributed by atoms with Gasteiger partial charge in [-0.15, -0.1) is 0 Å². The monoisotopic (exact) mass is 302 g/mol. The van der Waals surface area contributed by atoms with E-state index in [1.807, 2.05) is 12.1 Å². The standard InChI is InChI=1S/C18H23ClN2/c1-3-18(4-2)9-10-21(13-18)12-15-11-14-7-5-6-8-16(14)20-17(15)19/h5-8,11H,3-4,9-10,12-13H2,1-2H3. The Morgan fingerprint density at radius 1 is 1.24 bits per heavy atom. The molecule has 21 heavy (non-hydrogen) atoms. The van der Waals surface area contributed by atoms with Gasteiger partial charge in [0.1, 0.15) is 5.15 Å². The molecule has 0 unspecified atom stereocenters. The van der Waals surface area contributed by atoms with Crippen molar-refractivity contribution in [3.63, 3.8) is 0 Å². The van der Waals surface area contributed by atoms with Gasteiger partial charge in [0.25, 0.3) is 0 Å². The number of fused-ring (bicyclic) bond motifs is 1. The Morgan fingerprint density at radius 2 is 2.00 bits per heavy atom. The highest BCUT2D eigenvalue weighted by molar-refractivity contribution is 6.30. The van der Waals surface area contributed by atoms with Crippen LogP contribution < -0.4 is 0 Å². The molecule has 0 saturated carbocycles. The van der Waals surface area contributed by atoms with Crippen molar-refractivity contribution in [1.82, 2.24) is 9.88 Å². The summed E-state index contributed by atoms with van der Waals surface area (Å²) in [6.45, 7) is 7.90. The van der Waals surface area contributed by atoms with Crippen molar-refractivity contribution >= 4 is 22.5 Å². The number of aromatic nitrogens is 1. The van der Waals surface area contributed by atoms with Crippen LogP contribution in [0.4, 0.5) is 0 Å². The van der Waals surface area contributed by atoms with Crippen LogP contribution >= 0.6 is 11.6 Å². The van der Waals surface area contributed by atoms with Crippen LogP contribution in [-0.2, 0) is 6.54 Å². The molecule has 0 atom stereocenters. The predicted octanol–water partition coefficient (Wildman–Crippen LogP) is 4.90. The zero-order chi connectivity index (χ0) is 14.9. The van der Waals surface area contributed by atoms with Crippen LogP contribution in [-0.4, -0.2) is 23.0 Å². The number of pyridine rings is 1. The highest BCUT2D eigenvalue weighted by Crippen LogP contribution is 2.38. The molecule has 0 radical (unpaired) electrons. The van der Waals surface area contributed by atoms with Crippen molar-refractivity contribution in [2.45, 2.75) is 39.7 Å². The second kappa shape index (κ2) is 5.94.